The van der Waals surface area contributed by atoms with Crippen LogP contribution in [0.5, 0.6) is 0 Å². The van der Waals surface area contributed by atoms with E-state index in [1.807, 2.05) is 35.0 Å². The highest BCUT2D eigenvalue weighted by Gasteiger charge is 2.24. The monoisotopic (exact) mass is 449 g/mol. The molecule has 1 unspecified atom stereocenters. The SMILES string of the molecule is O=C1NCc2cc(-c3cnc(NC4=NC(CN5CCOCC5)CS4)c4nccn34)ccc21. The number of anilines is 1. The van der Waals surface area contributed by atoms with Crippen LogP contribution in [-0.2, 0) is 11.3 Å². The van der Waals surface area contributed by atoms with Gasteiger partial charge in [-0.15, -0.1) is 0 Å². The highest BCUT2D eigenvalue weighted by atomic mass is 32.2. The van der Waals surface area contributed by atoms with Gasteiger partial charge >= 0.3 is 0 Å². The highest BCUT2D eigenvalue weighted by Crippen LogP contribution is 2.28. The van der Waals surface area contributed by atoms with Gasteiger partial charge in [0.1, 0.15) is 0 Å². The van der Waals surface area contributed by atoms with E-state index < -0.39 is 0 Å². The number of fused-ring (bicyclic) bond motifs is 2. The van der Waals surface area contributed by atoms with Crippen molar-refractivity contribution in [3.8, 4) is 11.3 Å². The fraction of sp³-hybridized carbons (Fsp3) is 0.364. The molecule has 3 aliphatic heterocycles. The number of nitrogens with zero attached hydrogens (tertiary/aromatic N) is 5. The molecule has 1 saturated heterocycles. The fourth-order valence-electron chi connectivity index (χ4n) is 4.37. The number of aromatic nitrogens is 3. The molecule has 3 aromatic rings. The van der Waals surface area contributed by atoms with Crippen molar-refractivity contribution in [1.82, 2.24) is 24.6 Å². The van der Waals surface area contributed by atoms with Crippen LogP contribution in [0.3, 0.4) is 0 Å². The Balaban J connectivity index is 1.23. The van der Waals surface area contributed by atoms with Gasteiger partial charge in [-0.25, -0.2) is 9.97 Å². The molecule has 1 aromatic carbocycles. The molecule has 0 radical (unpaired) electrons. The number of aliphatic imine (C=N–C) groups is 1. The molecule has 6 rings (SSSR count). The number of hydrogen-bond donors (Lipinski definition) is 2. The number of ether oxygens (including phenoxy) is 1. The van der Waals surface area contributed by atoms with Gasteiger partial charge in [-0.3, -0.25) is 19.1 Å². The molecule has 1 atom stereocenters. The molecule has 0 spiro atoms. The number of benzene rings is 1. The third-order valence-electron chi connectivity index (χ3n) is 6.02. The maximum Gasteiger partial charge on any atom is 0.251 e. The van der Waals surface area contributed by atoms with Crippen molar-refractivity contribution in [2.75, 3.05) is 43.9 Å². The molecule has 2 aromatic heterocycles. The summed E-state index contributed by atoms with van der Waals surface area (Å²) >= 11 is 1.72. The largest absolute Gasteiger partial charge is 0.379 e. The lowest BCUT2D eigenvalue weighted by Gasteiger charge is -2.27. The highest BCUT2D eigenvalue weighted by molar-refractivity contribution is 8.14. The van der Waals surface area contributed by atoms with Crippen LogP contribution in [0.25, 0.3) is 16.9 Å². The van der Waals surface area contributed by atoms with Crippen molar-refractivity contribution < 1.29 is 9.53 Å². The van der Waals surface area contributed by atoms with Crippen LogP contribution in [0.4, 0.5) is 5.82 Å². The van der Waals surface area contributed by atoms with Gasteiger partial charge < -0.3 is 15.4 Å². The first-order valence-corrected chi connectivity index (χ1v) is 11.7. The van der Waals surface area contributed by atoms with E-state index in [-0.39, 0.29) is 11.9 Å². The zero-order chi connectivity index (χ0) is 21.5. The van der Waals surface area contributed by atoms with E-state index in [4.69, 9.17) is 9.73 Å². The molecule has 0 bridgehead atoms. The molecule has 0 saturated carbocycles. The van der Waals surface area contributed by atoms with E-state index in [1.54, 1.807) is 18.0 Å². The van der Waals surface area contributed by atoms with Gasteiger partial charge in [0.05, 0.1) is 31.1 Å². The van der Waals surface area contributed by atoms with Crippen LogP contribution < -0.4 is 10.6 Å². The molecular weight excluding hydrogens is 426 g/mol. The predicted octanol–water partition coefficient (Wildman–Crippen LogP) is 1.86. The van der Waals surface area contributed by atoms with Gasteiger partial charge in [0, 0.05) is 55.5 Å². The van der Waals surface area contributed by atoms with E-state index in [0.29, 0.717) is 12.4 Å². The average molecular weight is 450 g/mol. The van der Waals surface area contributed by atoms with E-state index in [9.17, 15) is 4.79 Å². The van der Waals surface area contributed by atoms with Crippen LogP contribution >= 0.6 is 11.8 Å². The maximum atomic E-state index is 11.9. The molecule has 1 fully saturated rings. The molecule has 2 N–H and O–H groups in total. The minimum Gasteiger partial charge on any atom is -0.379 e. The average Bonchev–Trinajstić information content (AvgIpc) is 3.56. The first-order chi connectivity index (χ1) is 15.7. The van der Waals surface area contributed by atoms with Crippen LogP contribution in [0.1, 0.15) is 15.9 Å². The lowest BCUT2D eigenvalue weighted by atomic mass is 10.0. The van der Waals surface area contributed by atoms with Crippen molar-refractivity contribution in [1.29, 1.82) is 0 Å². The third kappa shape index (κ3) is 3.64. The van der Waals surface area contributed by atoms with E-state index in [2.05, 4.69) is 25.5 Å². The van der Waals surface area contributed by atoms with Gasteiger partial charge in [0.15, 0.2) is 16.6 Å². The van der Waals surface area contributed by atoms with E-state index >= 15 is 0 Å². The normalized spacial score (nSPS) is 20.9. The lowest BCUT2D eigenvalue weighted by Crippen LogP contribution is -2.40. The summed E-state index contributed by atoms with van der Waals surface area (Å²) in [5.74, 6) is 1.64. The Morgan fingerprint density at radius 2 is 2.16 bits per heavy atom. The molecule has 3 aliphatic rings. The standard InChI is InChI=1S/C22H23N7O2S/c30-21-17-2-1-14(9-15(17)10-25-21)18-11-24-19(20-23-3-4-29(18)20)27-22-26-16(13-32-22)12-28-5-7-31-8-6-28/h1-4,9,11,16H,5-8,10,12-13H2,(H,25,30)(H,24,26,27). The second-order valence-corrected chi connectivity index (χ2v) is 9.11. The Bertz CT molecular complexity index is 1220. The van der Waals surface area contributed by atoms with E-state index in [0.717, 1.165) is 71.8 Å². The van der Waals surface area contributed by atoms with Crippen molar-refractivity contribution >= 4 is 34.3 Å². The van der Waals surface area contributed by atoms with Gasteiger partial charge in [-0.05, 0) is 17.7 Å². The topological polar surface area (TPSA) is 96.1 Å². The molecule has 1 amide bonds. The maximum absolute atomic E-state index is 11.9. The van der Waals surface area contributed by atoms with Gasteiger partial charge in [-0.2, -0.15) is 0 Å². The molecule has 10 heteroatoms. The number of rotatable bonds is 4. The summed E-state index contributed by atoms with van der Waals surface area (Å²) < 4.78 is 7.46. The minimum atomic E-state index is -0.0150. The molecule has 32 heavy (non-hydrogen) atoms. The van der Waals surface area contributed by atoms with Crippen molar-refractivity contribution in [3.63, 3.8) is 0 Å². The van der Waals surface area contributed by atoms with Crippen LogP contribution in [0.15, 0.2) is 41.8 Å². The Labute approximate surface area is 189 Å². The zero-order valence-electron chi connectivity index (χ0n) is 17.5. The summed E-state index contributed by atoms with van der Waals surface area (Å²) in [6, 6.07) is 6.16. The van der Waals surface area contributed by atoms with Crippen molar-refractivity contribution in [3.05, 3.63) is 47.9 Å². The van der Waals surface area contributed by atoms with Gasteiger partial charge in [0.2, 0.25) is 0 Å². The Hall–Kier alpha value is -2.95. The number of carbonyl (C=O) groups excluding carboxylic acids is 1. The van der Waals surface area contributed by atoms with Crippen molar-refractivity contribution in [2.45, 2.75) is 12.6 Å². The summed E-state index contributed by atoms with van der Waals surface area (Å²) in [5, 5.41) is 7.13. The summed E-state index contributed by atoms with van der Waals surface area (Å²) in [6.07, 6.45) is 5.54. The summed E-state index contributed by atoms with van der Waals surface area (Å²) in [4.78, 5) is 28.3. The Morgan fingerprint density at radius 3 is 3.06 bits per heavy atom. The molecule has 164 valence electrons. The third-order valence-corrected chi connectivity index (χ3v) is 7.06. The van der Waals surface area contributed by atoms with Crippen LogP contribution in [0, 0.1) is 0 Å². The molecule has 0 aliphatic carbocycles. The quantitative estimate of drug-likeness (QED) is 0.628. The number of amidine groups is 1. The van der Waals surface area contributed by atoms with Crippen LogP contribution in [-0.4, -0.2) is 75.0 Å². The Kier molecular flexibility index (Phi) is 5.05. The van der Waals surface area contributed by atoms with Crippen LogP contribution in [0.2, 0.25) is 0 Å². The van der Waals surface area contributed by atoms with E-state index in [1.165, 1.54) is 0 Å². The number of carbonyl (C=O) groups is 1. The number of imidazole rings is 1. The minimum absolute atomic E-state index is 0.0150. The number of hydrogen-bond acceptors (Lipinski definition) is 8. The molecular formula is C22H23N7O2S. The second-order valence-electron chi connectivity index (χ2n) is 8.10. The predicted molar refractivity (Wildman–Crippen MR) is 124 cm³/mol. The first-order valence-electron chi connectivity index (χ1n) is 10.8. The fourth-order valence-corrected chi connectivity index (χ4v) is 5.30. The lowest BCUT2D eigenvalue weighted by molar-refractivity contribution is 0.0364. The summed E-state index contributed by atoms with van der Waals surface area (Å²) in [6.45, 7) is 5.08. The molecule has 9 nitrogen and oxygen atoms in total. The second kappa shape index (κ2) is 8.19. The number of amides is 1. The smallest absolute Gasteiger partial charge is 0.251 e. The number of morpholine rings is 1. The Morgan fingerprint density at radius 1 is 1.25 bits per heavy atom. The van der Waals surface area contributed by atoms with Gasteiger partial charge in [0.25, 0.3) is 5.91 Å². The number of nitrogens with one attached hydrogen (secondary N) is 2. The summed E-state index contributed by atoms with van der Waals surface area (Å²) in [7, 11) is 0. The number of thioether (sulfide) groups is 1. The summed E-state index contributed by atoms with van der Waals surface area (Å²) in [5.41, 5.74) is 4.42. The first kappa shape index (κ1) is 19.7. The van der Waals surface area contributed by atoms with Crippen molar-refractivity contribution in [2.24, 2.45) is 4.99 Å². The molecule has 5 heterocycles. The van der Waals surface area contributed by atoms with Gasteiger partial charge in [-0.1, -0.05) is 17.8 Å². The zero-order valence-corrected chi connectivity index (χ0v) is 18.3.